The largest absolute Gasteiger partial charge is 0.416 e. The van der Waals surface area contributed by atoms with Gasteiger partial charge in [-0.25, -0.2) is 9.67 Å². The summed E-state index contributed by atoms with van der Waals surface area (Å²) in [4.78, 5) is 15.8. The molecule has 3 rings (SSSR count). The molecule has 1 aliphatic heterocycles. The molecule has 1 fully saturated rings. The Balaban J connectivity index is 2.17. The molecule has 0 N–H and O–H groups in total. The summed E-state index contributed by atoms with van der Waals surface area (Å²) in [5, 5.41) is 4.15. The lowest BCUT2D eigenvalue weighted by molar-refractivity contribution is -0.285. The van der Waals surface area contributed by atoms with Crippen LogP contribution in [0.25, 0.3) is 0 Å². The molecule has 26 heavy (non-hydrogen) atoms. The highest BCUT2D eigenvalue weighted by Gasteiger charge is 2.56. The number of carbonyl (C=O) groups is 1. The van der Waals surface area contributed by atoms with Crippen molar-refractivity contribution in [2.24, 2.45) is 5.41 Å². The molecule has 6 nitrogen and oxygen atoms in total. The highest BCUT2D eigenvalue weighted by atomic mass is 19.4. The summed E-state index contributed by atoms with van der Waals surface area (Å²) in [7, 11) is 0. The van der Waals surface area contributed by atoms with Crippen LogP contribution in [0.3, 0.4) is 0 Å². The first-order valence-corrected chi connectivity index (χ1v) is 7.93. The molecule has 0 radical (unpaired) electrons. The quantitative estimate of drug-likeness (QED) is 0.829. The minimum absolute atomic E-state index is 0.0889. The van der Waals surface area contributed by atoms with E-state index in [1.165, 1.54) is 36.4 Å². The van der Waals surface area contributed by atoms with Crippen molar-refractivity contribution in [3.63, 3.8) is 0 Å². The van der Waals surface area contributed by atoms with Crippen molar-refractivity contribution in [2.45, 2.75) is 32.2 Å². The maximum Gasteiger partial charge on any atom is 0.416 e. The number of hydrogen-bond donors (Lipinski definition) is 0. The minimum atomic E-state index is -4.45. The molecule has 2 atom stereocenters. The van der Waals surface area contributed by atoms with Crippen molar-refractivity contribution < 1.29 is 27.4 Å². The molecule has 1 saturated heterocycles. The summed E-state index contributed by atoms with van der Waals surface area (Å²) in [5.41, 5.74) is -2.55. The van der Waals surface area contributed by atoms with Gasteiger partial charge in [0.25, 0.3) is 0 Å². The number of benzene rings is 1. The number of carbonyl (C=O) groups excluding carboxylic acids is 1. The fraction of sp³-hybridized carbons (Fsp3) is 0.471. The number of hydrogen-bond acceptors (Lipinski definition) is 5. The lowest BCUT2D eigenvalue weighted by Gasteiger charge is -2.50. The van der Waals surface area contributed by atoms with Gasteiger partial charge in [-0.1, -0.05) is 19.1 Å². The van der Waals surface area contributed by atoms with Gasteiger partial charge in [0.05, 0.1) is 17.6 Å². The Morgan fingerprint density at radius 3 is 2.54 bits per heavy atom. The van der Waals surface area contributed by atoms with Crippen LogP contribution in [0, 0.1) is 5.41 Å². The smallest absolute Gasteiger partial charge is 0.355 e. The first-order valence-electron chi connectivity index (χ1n) is 7.93. The van der Waals surface area contributed by atoms with E-state index in [4.69, 9.17) is 9.47 Å². The maximum atomic E-state index is 12.9. The van der Waals surface area contributed by atoms with Gasteiger partial charge in [-0.05, 0) is 19.1 Å². The zero-order valence-corrected chi connectivity index (χ0v) is 14.3. The number of nitrogens with zero attached hydrogens (tertiary/aromatic N) is 3. The topological polar surface area (TPSA) is 66.2 Å². The number of halogens is 3. The molecule has 140 valence electrons. The van der Waals surface area contributed by atoms with E-state index < -0.39 is 22.9 Å². The van der Waals surface area contributed by atoms with Crippen molar-refractivity contribution in [3.8, 4) is 0 Å². The number of ether oxygens (including phenoxy) is 2. The average Bonchev–Trinajstić information content (AvgIpc) is 3.08. The molecule has 2 unspecified atom stereocenters. The molecule has 0 amide bonds. The zero-order chi connectivity index (χ0) is 19.0. The zero-order valence-electron chi connectivity index (χ0n) is 14.3. The average molecular weight is 369 g/mol. The molecule has 1 aromatic carbocycles. The van der Waals surface area contributed by atoms with Gasteiger partial charge in [0.2, 0.25) is 0 Å². The van der Waals surface area contributed by atoms with Gasteiger partial charge in [-0.3, -0.25) is 0 Å². The van der Waals surface area contributed by atoms with Gasteiger partial charge < -0.3 is 14.3 Å². The molecule has 0 aliphatic carbocycles. The van der Waals surface area contributed by atoms with Crippen LogP contribution in [-0.2, 0) is 26.2 Å². The van der Waals surface area contributed by atoms with Gasteiger partial charge in [0, 0.05) is 12.0 Å². The van der Waals surface area contributed by atoms with Gasteiger partial charge in [-0.15, -0.1) is 0 Å². The minimum Gasteiger partial charge on any atom is -0.355 e. The van der Waals surface area contributed by atoms with Crippen LogP contribution >= 0.6 is 0 Å². The van der Waals surface area contributed by atoms with Crippen molar-refractivity contribution in [3.05, 3.63) is 48.0 Å². The molecule has 2 heterocycles. The van der Waals surface area contributed by atoms with E-state index in [1.54, 1.807) is 6.92 Å². The van der Waals surface area contributed by atoms with E-state index in [-0.39, 0.29) is 25.6 Å². The molecule has 2 aromatic rings. The second-order valence-corrected chi connectivity index (χ2v) is 6.61. The summed E-state index contributed by atoms with van der Waals surface area (Å²) < 4.78 is 51.6. The predicted molar refractivity (Wildman–Crippen MR) is 83.9 cm³/mol. The Kier molecular flexibility index (Phi) is 4.61. The van der Waals surface area contributed by atoms with Crippen LogP contribution in [-0.4, -0.2) is 33.9 Å². The molecule has 9 heteroatoms. The first-order chi connectivity index (χ1) is 12.2. The van der Waals surface area contributed by atoms with Crippen LogP contribution in [0.4, 0.5) is 13.2 Å². The lowest BCUT2D eigenvalue weighted by Crippen LogP contribution is -2.58. The second-order valence-electron chi connectivity index (χ2n) is 6.61. The van der Waals surface area contributed by atoms with E-state index in [0.29, 0.717) is 5.56 Å². The number of aromatic nitrogens is 3. The molecule has 0 saturated carbocycles. The third-order valence-electron chi connectivity index (χ3n) is 4.57. The third kappa shape index (κ3) is 3.01. The molecule has 1 aromatic heterocycles. The summed E-state index contributed by atoms with van der Waals surface area (Å²) in [6.07, 6.45) is -1.63. The van der Waals surface area contributed by atoms with E-state index in [1.807, 2.05) is 0 Å². The van der Waals surface area contributed by atoms with Crippen LogP contribution in [0.2, 0.25) is 0 Å². The monoisotopic (exact) mass is 369 g/mol. The highest BCUT2D eigenvalue weighted by molar-refractivity contribution is 5.76. The Labute approximate surface area is 147 Å². The fourth-order valence-corrected chi connectivity index (χ4v) is 3.55. The first kappa shape index (κ1) is 18.5. The van der Waals surface area contributed by atoms with Crippen LogP contribution < -0.4 is 0 Å². The van der Waals surface area contributed by atoms with E-state index in [9.17, 15) is 18.0 Å². The standard InChI is InChI=1S/C17H18F3N3O3/c1-12(24)7-15(2)8-25-11-26-16(15,23-10-21-9-22-23)13-3-5-14(6-4-13)17(18,19)20/h3-6,9-10H,7-8,11H2,1-2H3. The summed E-state index contributed by atoms with van der Waals surface area (Å²) >= 11 is 0. The van der Waals surface area contributed by atoms with Gasteiger partial charge in [-0.2, -0.15) is 18.3 Å². The van der Waals surface area contributed by atoms with Gasteiger partial charge in [0.1, 0.15) is 25.2 Å². The van der Waals surface area contributed by atoms with Gasteiger partial charge >= 0.3 is 6.18 Å². The van der Waals surface area contributed by atoms with Crippen molar-refractivity contribution >= 4 is 5.78 Å². The molecule has 0 bridgehead atoms. The maximum absolute atomic E-state index is 12.9. The Morgan fingerprint density at radius 1 is 1.31 bits per heavy atom. The molecule has 0 spiro atoms. The number of rotatable bonds is 4. The van der Waals surface area contributed by atoms with Crippen molar-refractivity contribution in [2.75, 3.05) is 13.4 Å². The highest BCUT2D eigenvalue weighted by Crippen LogP contribution is 2.49. The van der Waals surface area contributed by atoms with Crippen LogP contribution in [0.5, 0.6) is 0 Å². The third-order valence-corrected chi connectivity index (χ3v) is 4.57. The summed E-state index contributed by atoms with van der Waals surface area (Å²) in [5.74, 6) is -0.0991. The SMILES string of the molecule is CC(=O)CC1(C)COCOC1(c1ccc(C(F)(F)F)cc1)n1cncn1. The van der Waals surface area contributed by atoms with Crippen molar-refractivity contribution in [1.29, 1.82) is 0 Å². The Morgan fingerprint density at radius 2 is 2.00 bits per heavy atom. The molecule has 1 aliphatic rings. The predicted octanol–water partition coefficient (Wildman–Crippen LogP) is 2.99. The Hall–Kier alpha value is -2.26. The van der Waals surface area contributed by atoms with E-state index >= 15 is 0 Å². The number of ketones is 1. The number of Topliss-reactive ketones (excluding diaryl/α,β-unsaturated/α-hetero) is 1. The Bertz CT molecular complexity index is 777. The lowest BCUT2D eigenvalue weighted by atomic mass is 9.71. The van der Waals surface area contributed by atoms with Crippen LogP contribution in [0.1, 0.15) is 31.4 Å². The van der Waals surface area contributed by atoms with E-state index in [2.05, 4.69) is 10.1 Å². The molecular weight excluding hydrogens is 351 g/mol. The van der Waals surface area contributed by atoms with E-state index in [0.717, 1.165) is 12.1 Å². The van der Waals surface area contributed by atoms with Crippen molar-refractivity contribution in [1.82, 2.24) is 14.8 Å². The van der Waals surface area contributed by atoms with Crippen LogP contribution in [0.15, 0.2) is 36.9 Å². The van der Waals surface area contributed by atoms with Gasteiger partial charge in [0.15, 0.2) is 5.72 Å². The normalized spacial score (nSPS) is 26.7. The summed E-state index contributed by atoms with van der Waals surface area (Å²) in [6.45, 7) is 3.31. The molecular formula is C17H18F3N3O3. The fourth-order valence-electron chi connectivity index (χ4n) is 3.55. The summed E-state index contributed by atoms with van der Waals surface area (Å²) in [6, 6.07) is 4.66. The second kappa shape index (κ2) is 6.48. The number of alkyl halides is 3.